The average Bonchev–Trinajstić information content (AvgIpc) is 2.53. The summed E-state index contributed by atoms with van der Waals surface area (Å²) >= 11 is 0. The van der Waals surface area contributed by atoms with E-state index in [4.69, 9.17) is 15.9 Å². The van der Waals surface area contributed by atoms with Crippen LogP contribution in [-0.2, 0) is 4.74 Å². The van der Waals surface area contributed by atoms with Crippen LogP contribution in [0.15, 0.2) is 6.33 Å². The van der Waals surface area contributed by atoms with Crippen molar-refractivity contribution in [1.82, 2.24) is 14.9 Å². The SMILES string of the molecule is CCC(=N)c1c(N)ncnc1NC1CCCN(C(=O)OC(C)(C)C)C1. The van der Waals surface area contributed by atoms with Crippen LogP contribution in [0.4, 0.5) is 16.4 Å². The van der Waals surface area contributed by atoms with Crippen LogP contribution in [-0.4, -0.2) is 51.4 Å². The largest absolute Gasteiger partial charge is 0.444 e. The first-order chi connectivity index (χ1) is 11.7. The number of hydrogen-bond acceptors (Lipinski definition) is 7. The monoisotopic (exact) mass is 348 g/mol. The van der Waals surface area contributed by atoms with Gasteiger partial charge in [0.05, 0.1) is 5.56 Å². The lowest BCUT2D eigenvalue weighted by molar-refractivity contribution is 0.0206. The van der Waals surface area contributed by atoms with Crippen molar-refractivity contribution in [3.05, 3.63) is 11.9 Å². The van der Waals surface area contributed by atoms with Gasteiger partial charge in [0.2, 0.25) is 0 Å². The summed E-state index contributed by atoms with van der Waals surface area (Å²) in [6.45, 7) is 8.67. The van der Waals surface area contributed by atoms with Crippen LogP contribution in [0.25, 0.3) is 0 Å². The van der Waals surface area contributed by atoms with Crippen molar-refractivity contribution in [2.45, 2.75) is 58.6 Å². The lowest BCUT2D eigenvalue weighted by Gasteiger charge is -2.34. The Labute approximate surface area is 148 Å². The highest BCUT2D eigenvalue weighted by Crippen LogP contribution is 2.23. The van der Waals surface area contributed by atoms with Gasteiger partial charge in [-0.05, 0) is 40.0 Å². The molecule has 1 aromatic heterocycles. The zero-order valence-corrected chi connectivity index (χ0v) is 15.4. The molecule has 1 saturated heterocycles. The molecule has 8 heteroatoms. The van der Waals surface area contributed by atoms with Gasteiger partial charge >= 0.3 is 6.09 Å². The number of carbonyl (C=O) groups excluding carboxylic acids is 1. The van der Waals surface area contributed by atoms with Gasteiger partial charge < -0.3 is 26.1 Å². The van der Waals surface area contributed by atoms with Crippen LogP contribution in [0, 0.1) is 5.41 Å². The van der Waals surface area contributed by atoms with E-state index in [1.54, 1.807) is 4.90 Å². The number of nitrogens with one attached hydrogen (secondary N) is 2. The molecule has 2 heterocycles. The van der Waals surface area contributed by atoms with Crippen molar-refractivity contribution in [3.8, 4) is 0 Å². The number of hydrogen-bond donors (Lipinski definition) is 3. The minimum atomic E-state index is -0.512. The van der Waals surface area contributed by atoms with Crippen LogP contribution >= 0.6 is 0 Å². The number of rotatable bonds is 4. The molecule has 0 aliphatic carbocycles. The first kappa shape index (κ1) is 19.0. The molecule has 8 nitrogen and oxygen atoms in total. The molecule has 1 aliphatic heterocycles. The smallest absolute Gasteiger partial charge is 0.410 e. The molecule has 0 radical (unpaired) electrons. The molecule has 0 saturated carbocycles. The zero-order chi connectivity index (χ0) is 18.6. The zero-order valence-electron chi connectivity index (χ0n) is 15.4. The fraction of sp³-hybridized carbons (Fsp3) is 0.647. The fourth-order valence-corrected chi connectivity index (χ4v) is 2.76. The van der Waals surface area contributed by atoms with E-state index >= 15 is 0 Å². The Morgan fingerprint density at radius 3 is 2.84 bits per heavy atom. The molecule has 1 fully saturated rings. The van der Waals surface area contributed by atoms with Gasteiger partial charge in [0.1, 0.15) is 23.6 Å². The number of carbonyl (C=O) groups is 1. The molecular formula is C17H28N6O2. The number of piperidine rings is 1. The van der Waals surface area contributed by atoms with E-state index in [9.17, 15) is 4.79 Å². The van der Waals surface area contributed by atoms with E-state index in [1.165, 1.54) is 6.33 Å². The molecule has 138 valence electrons. The van der Waals surface area contributed by atoms with Crippen molar-refractivity contribution in [3.63, 3.8) is 0 Å². The topological polar surface area (TPSA) is 117 Å². The third-order valence-corrected chi connectivity index (χ3v) is 3.95. The maximum atomic E-state index is 12.3. The maximum Gasteiger partial charge on any atom is 0.410 e. The first-order valence-corrected chi connectivity index (χ1v) is 8.64. The minimum Gasteiger partial charge on any atom is -0.444 e. The maximum absolute atomic E-state index is 12.3. The third kappa shape index (κ3) is 5.04. The van der Waals surface area contributed by atoms with Crippen LogP contribution in [0.5, 0.6) is 0 Å². The van der Waals surface area contributed by atoms with Crippen molar-refractivity contribution in [1.29, 1.82) is 5.41 Å². The molecule has 1 unspecified atom stereocenters. The number of nitrogens with zero attached hydrogens (tertiary/aromatic N) is 3. The number of aromatic nitrogens is 2. The van der Waals surface area contributed by atoms with Gasteiger partial charge in [-0.1, -0.05) is 6.92 Å². The molecule has 0 spiro atoms. The van der Waals surface area contributed by atoms with E-state index < -0.39 is 5.60 Å². The number of likely N-dealkylation sites (tertiary alicyclic amines) is 1. The second kappa shape index (κ2) is 7.67. The van der Waals surface area contributed by atoms with E-state index in [1.807, 2.05) is 27.7 Å². The normalized spacial score (nSPS) is 17.9. The second-order valence-electron chi connectivity index (χ2n) is 7.22. The van der Waals surface area contributed by atoms with Gasteiger partial charge in [0.25, 0.3) is 0 Å². The van der Waals surface area contributed by atoms with Gasteiger partial charge in [-0.15, -0.1) is 0 Å². The van der Waals surface area contributed by atoms with Gasteiger partial charge in [0, 0.05) is 24.8 Å². The highest BCUT2D eigenvalue weighted by atomic mass is 16.6. The van der Waals surface area contributed by atoms with Gasteiger partial charge in [0.15, 0.2) is 0 Å². The quantitative estimate of drug-likeness (QED) is 0.720. The number of anilines is 2. The summed E-state index contributed by atoms with van der Waals surface area (Å²) in [5.74, 6) is 0.847. The van der Waals surface area contributed by atoms with E-state index in [0.29, 0.717) is 42.4 Å². The molecule has 4 N–H and O–H groups in total. The number of nitrogens with two attached hydrogens (primary N) is 1. The second-order valence-corrected chi connectivity index (χ2v) is 7.22. The number of nitrogen functional groups attached to an aromatic ring is 1. The van der Waals surface area contributed by atoms with Crippen molar-refractivity contribution in [2.24, 2.45) is 0 Å². The van der Waals surface area contributed by atoms with Crippen molar-refractivity contribution in [2.75, 3.05) is 24.1 Å². The molecular weight excluding hydrogens is 320 g/mol. The van der Waals surface area contributed by atoms with Gasteiger partial charge in [-0.3, -0.25) is 0 Å². The summed E-state index contributed by atoms with van der Waals surface area (Å²) in [6.07, 6.45) is 3.40. The lowest BCUT2D eigenvalue weighted by atomic mass is 10.0. The molecule has 25 heavy (non-hydrogen) atoms. The van der Waals surface area contributed by atoms with E-state index in [2.05, 4.69) is 15.3 Å². The third-order valence-electron chi connectivity index (χ3n) is 3.95. The summed E-state index contributed by atoms with van der Waals surface area (Å²) in [4.78, 5) is 22.2. The van der Waals surface area contributed by atoms with Crippen LogP contribution in [0.3, 0.4) is 0 Å². The summed E-state index contributed by atoms with van der Waals surface area (Å²) in [5.41, 5.74) is 6.35. The Kier molecular flexibility index (Phi) is 5.81. The van der Waals surface area contributed by atoms with Crippen LogP contribution in [0.1, 0.15) is 52.5 Å². The summed E-state index contributed by atoms with van der Waals surface area (Å²) in [5, 5.41) is 11.4. The Bertz CT molecular complexity index is 641. The van der Waals surface area contributed by atoms with Crippen LogP contribution in [0.2, 0.25) is 0 Å². The first-order valence-electron chi connectivity index (χ1n) is 8.64. The average molecular weight is 348 g/mol. The summed E-state index contributed by atoms with van der Waals surface area (Å²) in [6, 6.07) is 0.0268. The standard InChI is InChI=1S/C17H28N6O2/c1-5-12(18)13-14(19)20-10-21-15(13)22-11-7-6-8-23(9-11)16(24)25-17(2,3)4/h10-11,18H,5-9H2,1-4H3,(H3,19,20,21,22). The van der Waals surface area contributed by atoms with E-state index in [0.717, 1.165) is 12.8 Å². The summed E-state index contributed by atoms with van der Waals surface area (Å²) < 4.78 is 5.45. The van der Waals surface area contributed by atoms with Gasteiger partial charge in [-0.25, -0.2) is 14.8 Å². The number of amides is 1. The number of ether oxygens (including phenoxy) is 1. The lowest BCUT2D eigenvalue weighted by Crippen LogP contribution is -2.47. The highest BCUT2D eigenvalue weighted by Gasteiger charge is 2.28. The Morgan fingerprint density at radius 2 is 2.20 bits per heavy atom. The fourth-order valence-electron chi connectivity index (χ4n) is 2.76. The Balaban J connectivity index is 2.10. The Hall–Kier alpha value is -2.38. The molecule has 1 atom stereocenters. The highest BCUT2D eigenvalue weighted by molar-refractivity contribution is 6.05. The van der Waals surface area contributed by atoms with Gasteiger partial charge in [-0.2, -0.15) is 0 Å². The molecule has 1 aliphatic rings. The minimum absolute atomic E-state index is 0.0268. The molecule has 1 aromatic rings. The van der Waals surface area contributed by atoms with E-state index in [-0.39, 0.29) is 12.1 Å². The van der Waals surface area contributed by atoms with Crippen LogP contribution < -0.4 is 11.1 Å². The van der Waals surface area contributed by atoms with Crippen molar-refractivity contribution >= 4 is 23.4 Å². The van der Waals surface area contributed by atoms with Crippen molar-refractivity contribution < 1.29 is 9.53 Å². The Morgan fingerprint density at radius 1 is 1.48 bits per heavy atom. The molecule has 1 amide bonds. The summed E-state index contributed by atoms with van der Waals surface area (Å²) in [7, 11) is 0. The predicted octanol–water partition coefficient (Wildman–Crippen LogP) is 2.65. The molecule has 0 bridgehead atoms. The molecule has 2 rings (SSSR count). The molecule has 0 aromatic carbocycles. The predicted molar refractivity (Wildman–Crippen MR) is 98.0 cm³/mol.